The fourth-order valence-electron chi connectivity index (χ4n) is 1.69. The van der Waals surface area contributed by atoms with E-state index < -0.39 is 0 Å². The van der Waals surface area contributed by atoms with E-state index in [2.05, 4.69) is 27.2 Å². The molecule has 0 bridgehead atoms. The summed E-state index contributed by atoms with van der Waals surface area (Å²) in [6, 6.07) is 7.00. The highest BCUT2D eigenvalue weighted by molar-refractivity contribution is 14.0. The molecular weight excluding hydrogens is 447 g/mol. The predicted octanol–water partition coefficient (Wildman–Crippen LogP) is 2.61. The minimum Gasteiger partial charge on any atom is -0.357 e. The highest BCUT2D eigenvalue weighted by Crippen LogP contribution is 2.14. The van der Waals surface area contributed by atoms with Crippen LogP contribution in [0.25, 0.3) is 0 Å². The molecule has 23 heavy (non-hydrogen) atoms. The summed E-state index contributed by atoms with van der Waals surface area (Å²) < 4.78 is 0. The van der Waals surface area contributed by atoms with Crippen molar-refractivity contribution in [1.82, 2.24) is 16.0 Å². The molecule has 0 radical (unpaired) electrons. The number of halogens is 2. The van der Waals surface area contributed by atoms with Gasteiger partial charge in [-0.25, -0.2) is 0 Å². The van der Waals surface area contributed by atoms with Gasteiger partial charge in [0.25, 0.3) is 5.91 Å². The standard InChI is InChI=1S/C15H23ClN4OS.HI/c1-3-17-15(20-10-11-22-2)19-9-8-18-14(21)12-6-4-5-7-13(12)16;/h4-7H,3,8-11H2,1-2H3,(H,18,21)(H2,17,19,20);1H. The lowest BCUT2D eigenvalue weighted by molar-refractivity contribution is 0.0954. The van der Waals surface area contributed by atoms with E-state index in [-0.39, 0.29) is 29.9 Å². The molecule has 5 nitrogen and oxygen atoms in total. The van der Waals surface area contributed by atoms with Gasteiger partial charge in [-0.3, -0.25) is 9.79 Å². The van der Waals surface area contributed by atoms with Gasteiger partial charge in [-0.15, -0.1) is 24.0 Å². The SMILES string of the molecule is CCNC(=NCCSC)NCCNC(=O)c1ccccc1Cl.I. The Morgan fingerprint density at radius 2 is 1.91 bits per heavy atom. The van der Waals surface area contributed by atoms with E-state index in [9.17, 15) is 4.79 Å². The van der Waals surface area contributed by atoms with Crippen molar-refractivity contribution in [3.05, 3.63) is 34.9 Å². The van der Waals surface area contributed by atoms with Gasteiger partial charge in [-0.2, -0.15) is 11.8 Å². The molecule has 0 saturated heterocycles. The molecule has 0 aromatic heterocycles. The number of hydrogen-bond donors (Lipinski definition) is 3. The highest BCUT2D eigenvalue weighted by atomic mass is 127. The van der Waals surface area contributed by atoms with E-state index in [0.29, 0.717) is 23.7 Å². The molecule has 8 heteroatoms. The van der Waals surface area contributed by atoms with Gasteiger partial charge in [0.1, 0.15) is 0 Å². The number of guanidine groups is 1. The number of thioether (sulfide) groups is 1. The largest absolute Gasteiger partial charge is 0.357 e. The first kappa shape index (κ1) is 22.3. The normalized spacial score (nSPS) is 10.7. The molecule has 1 aromatic carbocycles. The number of hydrogen-bond acceptors (Lipinski definition) is 3. The molecule has 0 atom stereocenters. The lowest BCUT2D eigenvalue weighted by Gasteiger charge is -2.12. The summed E-state index contributed by atoms with van der Waals surface area (Å²) in [5.41, 5.74) is 0.490. The van der Waals surface area contributed by atoms with Crippen molar-refractivity contribution in [2.24, 2.45) is 4.99 Å². The fourth-order valence-corrected chi connectivity index (χ4v) is 2.18. The zero-order chi connectivity index (χ0) is 16.2. The Kier molecular flexibility index (Phi) is 13.3. The van der Waals surface area contributed by atoms with Crippen molar-refractivity contribution >= 4 is 59.2 Å². The second-order valence-corrected chi connectivity index (χ2v) is 5.81. The Hall–Kier alpha value is -0.670. The molecule has 3 N–H and O–H groups in total. The van der Waals surface area contributed by atoms with Crippen molar-refractivity contribution in [2.75, 3.05) is 38.2 Å². The topological polar surface area (TPSA) is 65.5 Å². The average Bonchev–Trinajstić information content (AvgIpc) is 2.52. The predicted molar refractivity (Wildman–Crippen MR) is 112 cm³/mol. The molecule has 0 aliphatic carbocycles. The summed E-state index contributed by atoms with van der Waals surface area (Å²) in [4.78, 5) is 16.4. The van der Waals surface area contributed by atoms with E-state index >= 15 is 0 Å². The van der Waals surface area contributed by atoms with Crippen LogP contribution in [-0.2, 0) is 0 Å². The third-order valence-electron chi connectivity index (χ3n) is 2.73. The van der Waals surface area contributed by atoms with Crippen molar-refractivity contribution in [2.45, 2.75) is 6.92 Å². The number of carbonyl (C=O) groups is 1. The maximum atomic E-state index is 12.0. The number of nitrogens with zero attached hydrogens (tertiary/aromatic N) is 1. The van der Waals surface area contributed by atoms with Crippen molar-refractivity contribution < 1.29 is 4.79 Å². The van der Waals surface area contributed by atoms with E-state index in [1.54, 1.807) is 36.0 Å². The number of benzene rings is 1. The second-order valence-electron chi connectivity index (χ2n) is 4.42. The lowest BCUT2D eigenvalue weighted by Crippen LogP contribution is -2.41. The van der Waals surface area contributed by atoms with Gasteiger partial charge in [0.2, 0.25) is 0 Å². The van der Waals surface area contributed by atoms with Crippen molar-refractivity contribution in [3.63, 3.8) is 0 Å². The molecule has 0 saturated carbocycles. The minimum absolute atomic E-state index is 0. The molecule has 0 fully saturated rings. The Labute approximate surface area is 164 Å². The first-order valence-electron chi connectivity index (χ1n) is 7.22. The van der Waals surface area contributed by atoms with Crippen LogP contribution in [0, 0.1) is 0 Å². The summed E-state index contributed by atoms with van der Waals surface area (Å²) in [5, 5.41) is 9.64. The minimum atomic E-state index is -0.170. The zero-order valence-corrected chi connectivity index (χ0v) is 17.3. The number of nitrogens with one attached hydrogen (secondary N) is 3. The molecular formula is C15H24ClIN4OS. The van der Waals surface area contributed by atoms with Crippen LogP contribution >= 0.6 is 47.3 Å². The van der Waals surface area contributed by atoms with Crippen LogP contribution < -0.4 is 16.0 Å². The molecule has 0 spiro atoms. The summed E-state index contributed by atoms with van der Waals surface area (Å²) >= 11 is 7.75. The van der Waals surface area contributed by atoms with Crippen LogP contribution in [-0.4, -0.2) is 50.1 Å². The molecule has 0 aliphatic rings. The molecule has 0 unspecified atom stereocenters. The van der Waals surface area contributed by atoms with Gasteiger partial charge in [0.05, 0.1) is 17.1 Å². The van der Waals surface area contributed by atoms with Gasteiger partial charge in [0, 0.05) is 25.4 Å². The van der Waals surface area contributed by atoms with Crippen LogP contribution in [0.2, 0.25) is 5.02 Å². The number of amides is 1. The van der Waals surface area contributed by atoms with Gasteiger partial charge >= 0.3 is 0 Å². The third kappa shape index (κ3) is 9.26. The molecule has 1 rings (SSSR count). The van der Waals surface area contributed by atoms with Crippen LogP contribution in [0.4, 0.5) is 0 Å². The van der Waals surface area contributed by atoms with Crippen LogP contribution in [0.5, 0.6) is 0 Å². The Balaban J connectivity index is 0.00000484. The summed E-state index contributed by atoms with van der Waals surface area (Å²) in [6.07, 6.45) is 2.06. The monoisotopic (exact) mass is 470 g/mol. The quantitative estimate of drug-likeness (QED) is 0.236. The molecule has 0 aliphatic heterocycles. The van der Waals surface area contributed by atoms with E-state index in [1.807, 2.05) is 6.92 Å². The van der Waals surface area contributed by atoms with Crippen molar-refractivity contribution in [1.29, 1.82) is 0 Å². The molecule has 130 valence electrons. The van der Waals surface area contributed by atoms with Crippen LogP contribution in [0.3, 0.4) is 0 Å². The van der Waals surface area contributed by atoms with Gasteiger partial charge in [-0.05, 0) is 25.3 Å². The zero-order valence-electron chi connectivity index (χ0n) is 13.4. The van der Waals surface area contributed by atoms with E-state index in [1.165, 1.54) is 0 Å². The third-order valence-corrected chi connectivity index (χ3v) is 3.65. The fraction of sp³-hybridized carbons (Fsp3) is 0.467. The maximum absolute atomic E-state index is 12.0. The summed E-state index contributed by atoms with van der Waals surface area (Å²) in [7, 11) is 0. The summed E-state index contributed by atoms with van der Waals surface area (Å²) in [6.45, 7) is 4.68. The second kappa shape index (κ2) is 13.7. The van der Waals surface area contributed by atoms with Gasteiger partial charge < -0.3 is 16.0 Å². The Bertz CT molecular complexity index is 502. The molecule has 0 heterocycles. The Morgan fingerprint density at radius 3 is 2.57 bits per heavy atom. The number of rotatable bonds is 8. The first-order chi connectivity index (χ1) is 10.7. The summed E-state index contributed by atoms with van der Waals surface area (Å²) in [5.74, 6) is 1.58. The lowest BCUT2D eigenvalue weighted by atomic mass is 10.2. The smallest absolute Gasteiger partial charge is 0.252 e. The highest BCUT2D eigenvalue weighted by Gasteiger charge is 2.08. The first-order valence-corrected chi connectivity index (χ1v) is 9.00. The van der Waals surface area contributed by atoms with Crippen molar-refractivity contribution in [3.8, 4) is 0 Å². The number of aliphatic imine (C=N–C) groups is 1. The van der Waals surface area contributed by atoms with Gasteiger partial charge in [0.15, 0.2) is 5.96 Å². The average molecular weight is 471 g/mol. The molecule has 1 amide bonds. The van der Waals surface area contributed by atoms with Crippen LogP contribution in [0.15, 0.2) is 29.3 Å². The molecule has 1 aromatic rings. The van der Waals surface area contributed by atoms with E-state index in [0.717, 1.165) is 24.8 Å². The van der Waals surface area contributed by atoms with E-state index in [4.69, 9.17) is 11.6 Å². The Morgan fingerprint density at radius 1 is 1.22 bits per heavy atom. The number of carbonyl (C=O) groups excluding carboxylic acids is 1. The maximum Gasteiger partial charge on any atom is 0.252 e. The van der Waals surface area contributed by atoms with Gasteiger partial charge in [-0.1, -0.05) is 23.7 Å². The van der Waals surface area contributed by atoms with Crippen LogP contribution in [0.1, 0.15) is 17.3 Å².